The zero-order valence-corrected chi connectivity index (χ0v) is 10.9. The van der Waals surface area contributed by atoms with E-state index in [1.54, 1.807) is 26.4 Å². The summed E-state index contributed by atoms with van der Waals surface area (Å²) >= 11 is 0. The van der Waals surface area contributed by atoms with Crippen LogP contribution < -0.4 is 9.47 Å². The summed E-state index contributed by atoms with van der Waals surface area (Å²) < 4.78 is 15.9. The molecule has 0 aliphatic carbocycles. The number of benzene rings is 1. The number of methoxy groups -OCH3 is 2. The fraction of sp³-hybridized carbons (Fsp3) is 0.385. The highest BCUT2D eigenvalue weighted by atomic mass is 16.5. The molecule has 6 nitrogen and oxygen atoms in total. The Hall–Kier alpha value is -2.08. The van der Waals surface area contributed by atoms with Crippen LogP contribution in [0.3, 0.4) is 0 Å². The molecular formula is C13H16N2O4. The Morgan fingerprint density at radius 2 is 1.95 bits per heavy atom. The van der Waals surface area contributed by atoms with Crippen molar-refractivity contribution < 1.29 is 19.0 Å². The lowest BCUT2D eigenvalue weighted by atomic mass is 10.2. The maximum atomic E-state index is 8.76. The van der Waals surface area contributed by atoms with Gasteiger partial charge in [0.05, 0.1) is 14.2 Å². The minimum Gasteiger partial charge on any atom is -0.493 e. The lowest BCUT2D eigenvalue weighted by Gasteiger charge is -2.07. The van der Waals surface area contributed by atoms with Gasteiger partial charge in [0.2, 0.25) is 11.8 Å². The highest BCUT2D eigenvalue weighted by Gasteiger charge is 2.11. The molecule has 2 aromatic rings. The molecule has 19 heavy (non-hydrogen) atoms. The second-order valence-corrected chi connectivity index (χ2v) is 3.90. The Morgan fingerprint density at radius 1 is 1.16 bits per heavy atom. The summed E-state index contributed by atoms with van der Waals surface area (Å²) in [7, 11) is 3.15. The Morgan fingerprint density at radius 3 is 2.63 bits per heavy atom. The first-order valence-electron chi connectivity index (χ1n) is 5.94. The molecule has 0 spiro atoms. The Labute approximate surface area is 111 Å². The number of aliphatic hydroxyl groups excluding tert-OH is 1. The fourth-order valence-electron chi connectivity index (χ4n) is 1.67. The molecule has 0 radical (unpaired) electrons. The SMILES string of the molecule is COc1ccc(-c2nnc(CCCO)o2)cc1OC. The predicted octanol–water partition coefficient (Wildman–Crippen LogP) is 1.68. The number of aromatic nitrogens is 2. The first kappa shape index (κ1) is 13.4. The van der Waals surface area contributed by atoms with E-state index in [0.717, 1.165) is 5.56 Å². The van der Waals surface area contributed by atoms with Crippen LogP contribution in [-0.4, -0.2) is 36.1 Å². The van der Waals surface area contributed by atoms with E-state index in [4.69, 9.17) is 19.0 Å². The topological polar surface area (TPSA) is 77.6 Å². The number of aliphatic hydroxyl groups is 1. The fourth-order valence-corrected chi connectivity index (χ4v) is 1.67. The van der Waals surface area contributed by atoms with Gasteiger partial charge in [-0.1, -0.05) is 0 Å². The highest BCUT2D eigenvalue weighted by molar-refractivity contribution is 5.59. The molecule has 2 rings (SSSR count). The van der Waals surface area contributed by atoms with E-state index in [9.17, 15) is 0 Å². The van der Waals surface area contributed by atoms with E-state index < -0.39 is 0 Å². The van der Waals surface area contributed by atoms with Gasteiger partial charge in [0, 0.05) is 18.6 Å². The van der Waals surface area contributed by atoms with Gasteiger partial charge in [0.15, 0.2) is 11.5 Å². The van der Waals surface area contributed by atoms with E-state index in [0.29, 0.717) is 36.1 Å². The van der Waals surface area contributed by atoms with Crippen LogP contribution in [0.1, 0.15) is 12.3 Å². The molecule has 0 unspecified atom stereocenters. The van der Waals surface area contributed by atoms with Gasteiger partial charge in [-0.05, 0) is 24.6 Å². The van der Waals surface area contributed by atoms with Crippen molar-refractivity contribution in [1.29, 1.82) is 0 Å². The molecular weight excluding hydrogens is 248 g/mol. The van der Waals surface area contributed by atoms with Crippen molar-refractivity contribution in [2.75, 3.05) is 20.8 Å². The summed E-state index contributed by atoms with van der Waals surface area (Å²) in [6.45, 7) is 0.105. The Bertz CT molecular complexity index is 539. The summed E-state index contributed by atoms with van der Waals surface area (Å²) in [6, 6.07) is 5.39. The minimum absolute atomic E-state index is 0.105. The third-order valence-electron chi connectivity index (χ3n) is 2.65. The first-order chi connectivity index (χ1) is 9.28. The monoisotopic (exact) mass is 264 g/mol. The minimum atomic E-state index is 0.105. The molecule has 1 heterocycles. The summed E-state index contributed by atoms with van der Waals surface area (Å²) in [5.74, 6) is 2.19. The van der Waals surface area contributed by atoms with E-state index in [1.165, 1.54) is 0 Å². The average molecular weight is 264 g/mol. The molecule has 0 bridgehead atoms. The van der Waals surface area contributed by atoms with E-state index >= 15 is 0 Å². The van der Waals surface area contributed by atoms with Gasteiger partial charge in [-0.2, -0.15) is 0 Å². The molecule has 1 aromatic heterocycles. The van der Waals surface area contributed by atoms with Crippen LogP contribution in [0.15, 0.2) is 22.6 Å². The molecule has 1 aromatic carbocycles. The van der Waals surface area contributed by atoms with Crippen LogP contribution >= 0.6 is 0 Å². The van der Waals surface area contributed by atoms with Crippen molar-refractivity contribution in [3.63, 3.8) is 0 Å². The molecule has 6 heteroatoms. The molecule has 0 aliphatic rings. The molecule has 0 atom stereocenters. The smallest absolute Gasteiger partial charge is 0.247 e. The summed E-state index contributed by atoms with van der Waals surface area (Å²) in [5.41, 5.74) is 0.764. The van der Waals surface area contributed by atoms with Crippen LogP contribution in [-0.2, 0) is 6.42 Å². The third kappa shape index (κ3) is 3.03. The Balaban J connectivity index is 2.23. The second kappa shape index (κ2) is 6.19. The van der Waals surface area contributed by atoms with Gasteiger partial charge in [0.25, 0.3) is 0 Å². The number of aryl methyl sites for hydroxylation is 1. The van der Waals surface area contributed by atoms with Gasteiger partial charge >= 0.3 is 0 Å². The maximum absolute atomic E-state index is 8.76. The van der Waals surface area contributed by atoms with E-state index in [1.807, 2.05) is 6.07 Å². The summed E-state index contributed by atoms with van der Waals surface area (Å²) in [5, 5.41) is 16.7. The number of hydrogen-bond acceptors (Lipinski definition) is 6. The first-order valence-corrected chi connectivity index (χ1v) is 5.94. The molecule has 0 saturated carbocycles. The summed E-state index contributed by atoms with van der Waals surface area (Å²) in [4.78, 5) is 0. The van der Waals surface area contributed by atoms with Gasteiger partial charge in [-0.25, -0.2) is 0 Å². The predicted molar refractivity (Wildman–Crippen MR) is 68.2 cm³/mol. The quantitative estimate of drug-likeness (QED) is 0.855. The van der Waals surface area contributed by atoms with Crippen molar-refractivity contribution in [3.05, 3.63) is 24.1 Å². The highest BCUT2D eigenvalue weighted by Crippen LogP contribution is 2.31. The van der Waals surface area contributed by atoms with Crippen LogP contribution in [0.25, 0.3) is 11.5 Å². The van der Waals surface area contributed by atoms with Crippen molar-refractivity contribution >= 4 is 0 Å². The van der Waals surface area contributed by atoms with Crippen LogP contribution in [0, 0.1) is 0 Å². The Kier molecular flexibility index (Phi) is 4.35. The maximum Gasteiger partial charge on any atom is 0.247 e. The van der Waals surface area contributed by atoms with Gasteiger partial charge in [-0.15, -0.1) is 10.2 Å². The lowest BCUT2D eigenvalue weighted by Crippen LogP contribution is -1.90. The third-order valence-corrected chi connectivity index (χ3v) is 2.65. The number of hydrogen-bond donors (Lipinski definition) is 1. The molecule has 0 aliphatic heterocycles. The molecule has 1 N–H and O–H groups in total. The van der Waals surface area contributed by atoms with Crippen LogP contribution in [0.5, 0.6) is 11.5 Å². The van der Waals surface area contributed by atoms with E-state index in [2.05, 4.69) is 10.2 Å². The van der Waals surface area contributed by atoms with Crippen LogP contribution in [0.4, 0.5) is 0 Å². The average Bonchev–Trinajstić information content (AvgIpc) is 2.93. The van der Waals surface area contributed by atoms with Crippen molar-refractivity contribution in [3.8, 4) is 23.0 Å². The molecule has 0 fully saturated rings. The van der Waals surface area contributed by atoms with Gasteiger partial charge in [-0.3, -0.25) is 0 Å². The molecule has 0 saturated heterocycles. The molecule has 0 amide bonds. The van der Waals surface area contributed by atoms with E-state index in [-0.39, 0.29) is 6.61 Å². The van der Waals surface area contributed by atoms with Crippen LogP contribution in [0.2, 0.25) is 0 Å². The second-order valence-electron chi connectivity index (χ2n) is 3.90. The normalized spacial score (nSPS) is 10.5. The zero-order chi connectivity index (χ0) is 13.7. The van der Waals surface area contributed by atoms with Crippen molar-refractivity contribution in [1.82, 2.24) is 10.2 Å². The zero-order valence-electron chi connectivity index (χ0n) is 10.9. The number of rotatable bonds is 6. The van der Waals surface area contributed by atoms with Crippen molar-refractivity contribution in [2.45, 2.75) is 12.8 Å². The lowest BCUT2D eigenvalue weighted by molar-refractivity contribution is 0.283. The molecule has 102 valence electrons. The standard InChI is InChI=1S/C13H16N2O4/c1-17-10-6-5-9(8-11(10)18-2)13-15-14-12(19-13)4-3-7-16/h5-6,8,16H,3-4,7H2,1-2H3. The number of nitrogens with zero attached hydrogens (tertiary/aromatic N) is 2. The van der Waals surface area contributed by atoms with Gasteiger partial charge in [0.1, 0.15) is 0 Å². The number of ether oxygens (including phenoxy) is 2. The largest absolute Gasteiger partial charge is 0.493 e. The van der Waals surface area contributed by atoms with Gasteiger partial charge < -0.3 is 19.0 Å². The summed E-state index contributed by atoms with van der Waals surface area (Å²) in [6.07, 6.45) is 1.17. The van der Waals surface area contributed by atoms with Crippen molar-refractivity contribution in [2.24, 2.45) is 0 Å².